The van der Waals surface area contributed by atoms with Gasteiger partial charge in [0.15, 0.2) is 0 Å². The molecule has 1 aliphatic heterocycles. The van der Waals surface area contributed by atoms with E-state index < -0.39 is 0 Å². The second-order valence-electron chi connectivity index (χ2n) is 2.25. The summed E-state index contributed by atoms with van der Waals surface area (Å²) in [5.74, 6) is 0. The molecule has 0 spiro atoms. The van der Waals surface area contributed by atoms with E-state index in [1.807, 2.05) is 0 Å². The molecular weight excluding hydrogens is 119 g/mol. The van der Waals surface area contributed by atoms with E-state index in [1.54, 1.807) is 0 Å². The maximum absolute atomic E-state index is 2.28. The Balaban J connectivity index is 0.000000810. The Morgan fingerprint density at radius 1 is 1.10 bits per heavy atom. The average molecular weight is 133 g/mol. The first kappa shape index (κ1) is 9.94. The number of hydrogen-bond acceptors (Lipinski definition) is 2. The quantitative estimate of drug-likeness (QED) is 0.511. The molecule has 0 bridgehead atoms. The van der Waals surface area contributed by atoms with Crippen LogP contribution in [0.1, 0.15) is 13.8 Å². The van der Waals surface area contributed by atoms with Crippen molar-refractivity contribution in [3.63, 3.8) is 0 Å². The Morgan fingerprint density at radius 2 is 1.50 bits per heavy atom. The summed E-state index contributed by atoms with van der Waals surface area (Å²) in [5.41, 5.74) is 0. The fourth-order valence-corrected chi connectivity index (χ4v) is 0.927. The summed E-state index contributed by atoms with van der Waals surface area (Å²) in [6.07, 6.45) is 4.28. The van der Waals surface area contributed by atoms with Gasteiger partial charge in [-0.2, -0.15) is 0 Å². The topological polar surface area (TPSA) is 6.48 Å². The van der Waals surface area contributed by atoms with Crippen molar-refractivity contribution in [3.05, 3.63) is 12.4 Å². The molecule has 0 fully saturated rings. The van der Waals surface area contributed by atoms with Gasteiger partial charge in [-0.15, -0.1) is 0 Å². The zero-order valence-corrected chi connectivity index (χ0v) is 7.17. The van der Waals surface area contributed by atoms with Crippen molar-refractivity contribution < 1.29 is 0 Å². The molecular formula is C7H14LiN2. The first-order chi connectivity index (χ1) is 4.36. The molecule has 3 heteroatoms. The minimum absolute atomic E-state index is 0. The maximum Gasteiger partial charge on any atom is 0.0893 e. The molecule has 0 N–H and O–H groups in total. The summed E-state index contributed by atoms with van der Waals surface area (Å²) >= 11 is 0. The predicted molar refractivity (Wildman–Crippen MR) is 44.5 cm³/mol. The van der Waals surface area contributed by atoms with Crippen molar-refractivity contribution in [3.8, 4) is 0 Å². The third-order valence-corrected chi connectivity index (χ3v) is 1.66. The Morgan fingerprint density at radius 3 is 1.70 bits per heavy atom. The van der Waals surface area contributed by atoms with Crippen molar-refractivity contribution in [1.82, 2.24) is 9.80 Å². The first-order valence-electron chi connectivity index (χ1n) is 3.53. The van der Waals surface area contributed by atoms with Gasteiger partial charge in [-0.3, -0.25) is 0 Å². The van der Waals surface area contributed by atoms with Gasteiger partial charge < -0.3 is 9.80 Å². The fraction of sp³-hybridized carbons (Fsp3) is 0.714. The van der Waals surface area contributed by atoms with Crippen molar-refractivity contribution in [1.29, 1.82) is 0 Å². The Labute approximate surface area is 75.1 Å². The Hall–Kier alpha value is -0.0626. The second kappa shape index (κ2) is 4.71. The maximum atomic E-state index is 2.28. The van der Waals surface area contributed by atoms with Crippen LogP contribution in [0.2, 0.25) is 0 Å². The zero-order valence-electron chi connectivity index (χ0n) is 7.17. The molecule has 1 radical (unpaired) electrons. The normalized spacial score (nSPS) is 15.8. The van der Waals surface area contributed by atoms with Crippen molar-refractivity contribution in [2.45, 2.75) is 13.8 Å². The predicted octanol–water partition coefficient (Wildman–Crippen LogP) is 0.692. The van der Waals surface area contributed by atoms with Gasteiger partial charge in [-0.05, 0) is 13.8 Å². The molecule has 1 aliphatic rings. The molecule has 0 aliphatic carbocycles. The third kappa shape index (κ3) is 2.28. The molecule has 10 heavy (non-hydrogen) atoms. The number of nitrogens with zero attached hydrogens (tertiary/aromatic N) is 2. The zero-order chi connectivity index (χ0) is 6.69. The molecule has 0 aromatic rings. The van der Waals surface area contributed by atoms with E-state index in [4.69, 9.17) is 0 Å². The van der Waals surface area contributed by atoms with Crippen LogP contribution in [0.5, 0.6) is 0 Å². The van der Waals surface area contributed by atoms with Crippen LogP contribution >= 0.6 is 0 Å². The van der Waals surface area contributed by atoms with Crippen LogP contribution < -0.4 is 0 Å². The summed E-state index contributed by atoms with van der Waals surface area (Å²) in [6, 6.07) is 0. The molecule has 1 heterocycles. The van der Waals surface area contributed by atoms with Crippen LogP contribution in [0, 0.1) is 0 Å². The van der Waals surface area contributed by atoms with Crippen molar-refractivity contribution >= 4 is 18.9 Å². The molecule has 2 nitrogen and oxygen atoms in total. The summed E-state index contributed by atoms with van der Waals surface area (Å²) in [5, 5.41) is 0. The first-order valence-corrected chi connectivity index (χ1v) is 3.53. The van der Waals surface area contributed by atoms with Gasteiger partial charge in [0.1, 0.15) is 0 Å². The molecule has 0 amide bonds. The molecule has 0 saturated heterocycles. The average Bonchev–Trinajstić information content (AvgIpc) is 2.34. The summed E-state index contributed by atoms with van der Waals surface area (Å²) in [6.45, 7) is 7.65. The number of hydrogen-bond donors (Lipinski definition) is 0. The SMILES string of the molecule is CCN1C=CN(CC)C1.[Li]. The summed E-state index contributed by atoms with van der Waals surface area (Å²) in [4.78, 5) is 4.56. The minimum Gasteiger partial charge on any atom is -0.359 e. The van der Waals surface area contributed by atoms with Crippen LogP contribution in [0.3, 0.4) is 0 Å². The summed E-state index contributed by atoms with van der Waals surface area (Å²) < 4.78 is 0. The van der Waals surface area contributed by atoms with E-state index in [9.17, 15) is 0 Å². The van der Waals surface area contributed by atoms with E-state index in [0.717, 1.165) is 19.8 Å². The van der Waals surface area contributed by atoms with Gasteiger partial charge in [-0.1, -0.05) is 0 Å². The second-order valence-corrected chi connectivity index (χ2v) is 2.25. The van der Waals surface area contributed by atoms with Gasteiger partial charge in [-0.25, -0.2) is 0 Å². The molecule has 0 saturated carbocycles. The van der Waals surface area contributed by atoms with Crippen LogP contribution in [0.25, 0.3) is 0 Å². The Bertz CT molecular complexity index is 102. The monoisotopic (exact) mass is 133 g/mol. The van der Waals surface area contributed by atoms with Crippen LogP contribution in [-0.2, 0) is 0 Å². The minimum atomic E-state index is 0. The molecule has 53 valence electrons. The van der Waals surface area contributed by atoms with E-state index in [0.29, 0.717) is 0 Å². The molecule has 1 rings (SSSR count). The van der Waals surface area contributed by atoms with E-state index in [1.165, 1.54) is 0 Å². The molecule has 0 unspecified atom stereocenters. The number of rotatable bonds is 2. The third-order valence-electron chi connectivity index (χ3n) is 1.66. The fourth-order valence-electron chi connectivity index (χ4n) is 0.927. The van der Waals surface area contributed by atoms with Gasteiger partial charge in [0, 0.05) is 44.4 Å². The standard InChI is InChI=1S/C7H14N2.Li/c1-3-8-5-6-9(4-2)7-8;/h5-6H,3-4,7H2,1-2H3;. The largest absolute Gasteiger partial charge is 0.359 e. The van der Waals surface area contributed by atoms with Gasteiger partial charge in [0.05, 0.1) is 6.67 Å². The van der Waals surface area contributed by atoms with Crippen LogP contribution in [-0.4, -0.2) is 48.4 Å². The molecule has 0 aromatic heterocycles. The van der Waals surface area contributed by atoms with Crippen LogP contribution in [0.15, 0.2) is 12.4 Å². The van der Waals surface area contributed by atoms with E-state index in [-0.39, 0.29) is 18.9 Å². The van der Waals surface area contributed by atoms with Gasteiger partial charge in [0.25, 0.3) is 0 Å². The van der Waals surface area contributed by atoms with Gasteiger partial charge in [0.2, 0.25) is 0 Å². The van der Waals surface area contributed by atoms with E-state index in [2.05, 4.69) is 36.0 Å². The van der Waals surface area contributed by atoms with E-state index >= 15 is 0 Å². The molecule has 0 aromatic carbocycles. The van der Waals surface area contributed by atoms with Crippen LogP contribution in [0.4, 0.5) is 0 Å². The molecule has 0 atom stereocenters. The smallest absolute Gasteiger partial charge is 0.0893 e. The van der Waals surface area contributed by atoms with Gasteiger partial charge >= 0.3 is 0 Å². The Kier molecular flexibility index (Phi) is 4.68. The summed E-state index contributed by atoms with van der Waals surface area (Å²) in [7, 11) is 0. The van der Waals surface area contributed by atoms with Crippen molar-refractivity contribution in [2.24, 2.45) is 0 Å². The van der Waals surface area contributed by atoms with Crippen molar-refractivity contribution in [2.75, 3.05) is 19.8 Å².